The summed E-state index contributed by atoms with van der Waals surface area (Å²) in [6, 6.07) is 16.8. The van der Waals surface area contributed by atoms with Gasteiger partial charge in [-0.3, -0.25) is 9.69 Å². The second-order valence-electron chi connectivity index (χ2n) is 12.6. The van der Waals surface area contributed by atoms with E-state index in [2.05, 4.69) is 0 Å². The summed E-state index contributed by atoms with van der Waals surface area (Å²) < 4.78 is 46.8. The number of aromatic nitrogens is 1. The number of aryl methyl sites for hydroxylation is 1. The van der Waals surface area contributed by atoms with Crippen molar-refractivity contribution < 1.29 is 37.3 Å². The monoisotopic (exact) mass is 634 g/mol. The third-order valence-corrected chi connectivity index (χ3v) is 9.49. The highest BCUT2D eigenvalue weighted by molar-refractivity contribution is 7.90. The van der Waals surface area contributed by atoms with E-state index in [0.717, 1.165) is 9.54 Å². The zero-order valence-corrected chi connectivity index (χ0v) is 27.3. The molecule has 3 aromatic carbocycles. The molecule has 1 atom stereocenters. The second kappa shape index (κ2) is 11.5. The highest BCUT2D eigenvalue weighted by atomic mass is 32.2. The average Bonchev–Trinajstić information content (AvgIpc) is 3.45. The van der Waals surface area contributed by atoms with Gasteiger partial charge in [0.1, 0.15) is 28.5 Å². The Hall–Kier alpha value is -4.35. The number of carbonyl (C=O) groups is 2. The summed E-state index contributed by atoms with van der Waals surface area (Å²) in [5.74, 6) is -0.745. The van der Waals surface area contributed by atoms with E-state index in [4.69, 9.17) is 14.2 Å². The van der Waals surface area contributed by atoms with E-state index >= 15 is 0 Å². The minimum absolute atomic E-state index is 0.00544. The van der Waals surface area contributed by atoms with Crippen LogP contribution < -0.4 is 4.74 Å². The summed E-state index contributed by atoms with van der Waals surface area (Å²) in [5, 5.41) is 11.4. The fraction of sp³-hybridized carbons (Fsp3) is 0.353. The normalized spacial score (nSPS) is 16.6. The number of fused-ring (bicyclic) bond motifs is 1. The molecule has 0 spiro atoms. The number of benzene rings is 3. The fourth-order valence-corrected chi connectivity index (χ4v) is 7.23. The van der Waals surface area contributed by atoms with Crippen LogP contribution in [-0.2, 0) is 25.9 Å². The SMILES string of the molecule is COc1ccc(C(=O)c2c(CC3COC(C)(C)N3C(=O)OC(C)(C)C)c3ccccc3n2S(=O)(=O)c2ccc(C)cc2)c(O)c1. The van der Waals surface area contributed by atoms with E-state index in [1.165, 1.54) is 42.3 Å². The Kier molecular flexibility index (Phi) is 8.22. The van der Waals surface area contributed by atoms with Crippen LogP contribution in [0.25, 0.3) is 10.9 Å². The number of para-hydroxylation sites is 1. The van der Waals surface area contributed by atoms with E-state index in [1.807, 2.05) is 6.92 Å². The molecule has 1 aliphatic heterocycles. The Labute approximate surface area is 263 Å². The number of rotatable bonds is 7. The number of ketones is 1. The third-order valence-electron chi connectivity index (χ3n) is 7.76. The molecule has 1 aromatic heterocycles. The van der Waals surface area contributed by atoms with Gasteiger partial charge in [0.15, 0.2) is 0 Å². The van der Waals surface area contributed by atoms with Gasteiger partial charge in [-0.15, -0.1) is 0 Å². The van der Waals surface area contributed by atoms with Gasteiger partial charge < -0.3 is 19.3 Å². The van der Waals surface area contributed by atoms with Gasteiger partial charge in [-0.2, -0.15) is 0 Å². The molecule has 45 heavy (non-hydrogen) atoms. The maximum absolute atomic E-state index is 14.5. The van der Waals surface area contributed by atoms with Crippen LogP contribution in [0.2, 0.25) is 0 Å². The molecule has 0 bridgehead atoms. The molecule has 5 rings (SSSR count). The van der Waals surface area contributed by atoms with Crippen molar-refractivity contribution >= 4 is 32.8 Å². The predicted octanol–water partition coefficient (Wildman–Crippen LogP) is 6.05. The molecule has 11 heteroatoms. The Balaban J connectivity index is 1.76. The number of ether oxygens (including phenoxy) is 3. The first-order valence-corrected chi connectivity index (χ1v) is 16.0. The van der Waals surface area contributed by atoms with Crippen molar-refractivity contribution in [2.75, 3.05) is 13.7 Å². The second-order valence-corrected chi connectivity index (χ2v) is 14.4. The quantitative estimate of drug-likeness (QED) is 0.244. The lowest BCUT2D eigenvalue weighted by Gasteiger charge is -2.35. The number of hydrogen-bond donors (Lipinski definition) is 1. The van der Waals surface area contributed by atoms with Crippen LogP contribution in [0.4, 0.5) is 4.79 Å². The van der Waals surface area contributed by atoms with E-state index in [1.54, 1.807) is 71.0 Å². The summed E-state index contributed by atoms with van der Waals surface area (Å²) in [4.78, 5) is 29.5. The molecule has 2 heterocycles. The molecule has 1 unspecified atom stereocenters. The van der Waals surface area contributed by atoms with Crippen molar-refractivity contribution in [1.82, 2.24) is 8.87 Å². The Morgan fingerprint density at radius 3 is 2.33 bits per heavy atom. The van der Waals surface area contributed by atoms with Gasteiger partial charge in [0.05, 0.1) is 35.7 Å². The highest BCUT2D eigenvalue weighted by Gasteiger charge is 2.46. The van der Waals surface area contributed by atoms with Crippen molar-refractivity contribution in [3.05, 3.63) is 89.1 Å². The maximum Gasteiger partial charge on any atom is 0.412 e. The number of phenolic OH excluding ortho intramolecular Hbond substituents is 1. The lowest BCUT2D eigenvalue weighted by atomic mass is 9.97. The van der Waals surface area contributed by atoms with Gasteiger partial charge >= 0.3 is 6.09 Å². The minimum atomic E-state index is -4.33. The molecule has 1 amide bonds. The van der Waals surface area contributed by atoms with E-state index in [9.17, 15) is 23.1 Å². The summed E-state index contributed by atoms with van der Waals surface area (Å²) in [6.45, 7) is 10.8. The average molecular weight is 635 g/mol. The molecule has 1 aliphatic rings. The van der Waals surface area contributed by atoms with Crippen molar-refractivity contribution in [3.63, 3.8) is 0 Å². The molecule has 0 aliphatic carbocycles. The maximum atomic E-state index is 14.5. The molecule has 0 saturated carbocycles. The van der Waals surface area contributed by atoms with Crippen LogP contribution in [-0.4, -0.2) is 65.4 Å². The van der Waals surface area contributed by atoms with Crippen LogP contribution in [0.15, 0.2) is 71.6 Å². The number of hydrogen-bond acceptors (Lipinski definition) is 8. The van der Waals surface area contributed by atoms with Crippen molar-refractivity contribution in [2.24, 2.45) is 0 Å². The van der Waals surface area contributed by atoms with Gasteiger partial charge in [0, 0.05) is 11.5 Å². The Bertz CT molecular complexity index is 1890. The molecule has 1 fully saturated rings. The van der Waals surface area contributed by atoms with Crippen molar-refractivity contribution in [1.29, 1.82) is 0 Å². The summed E-state index contributed by atoms with van der Waals surface area (Å²) in [7, 11) is -2.90. The van der Waals surface area contributed by atoms with Crippen molar-refractivity contribution in [3.8, 4) is 11.5 Å². The van der Waals surface area contributed by atoms with Gasteiger partial charge in [0.2, 0.25) is 5.78 Å². The first kappa shape index (κ1) is 32.1. The van der Waals surface area contributed by atoms with Crippen LogP contribution in [0.1, 0.15) is 61.8 Å². The molecule has 1 N–H and O–H groups in total. The molecule has 0 radical (unpaired) electrons. The summed E-state index contributed by atoms with van der Waals surface area (Å²) >= 11 is 0. The lowest BCUT2D eigenvalue weighted by Crippen LogP contribution is -2.50. The van der Waals surface area contributed by atoms with Crippen molar-refractivity contribution in [2.45, 2.75) is 70.2 Å². The standard InChI is InChI=1S/C34H38N2O8S/c1-21-12-15-24(16-13-21)45(40,41)36-28-11-9-8-10-25(28)27(30(36)31(38)26-17-14-23(42-7)19-29(26)37)18-22-20-43-34(5,6)35(22)32(39)44-33(2,3)4/h8-17,19,22,37H,18,20H2,1-7H3. The lowest BCUT2D eigenvalue weighted by molar-refractivity contribution is -0.0624. The first-order chi connectivity index (χ1) is 21.0. The molecule has 10 nitrogen and oxygen atoms in total. The van der Waals surface area contributed by atoms with Gasteiger partial charge in [0.25, 0.3) is 10.0 Å². The number of nitrogens with zero attached hydrogens (tertiary/aromatic N) is 2. The largest absolute Gasteiger partial charge is 0.507 e. The number of amides is 1. The Morgan fingerprint density at radius 2 is 1.71 bits per heavy atom. The topological polar surface area (TPSA) is 124 Å². The zero-order valence-electron chi connectivity index (χ0n) is 26.5. The summed E-state index contributed by atoms with van der Waals surface area (Å²) in [6.07, 6.45) is -0.524. The number of carbonyl (C=O) groups excluding carboxylic acids is 2. The van der Waals surface area contributed by atoms with Gasteiger partial charge in [-0.25, -0.2) is 17.2 Å². The molecule has 4 aromatic rings. The van der Waals surface area contributed by atoms with E-state index < -0.39 is 39.3 Å². The third kappa shape index (κ3) is 6.02. The van der Waals surface area contributed by atoms with Crippen LogP contribution in [0.3, 0.4) is 0 Å². The molecule has 1 saturated heterocycles. The molecular formula is C34H38N2O8S. The molecule has 238 valence electrons. The van der Waals surface area contributed by atoms with E-state index in [-0.39, 0.29) is 40.4 Å². The summed E-state index contributed by atoms with van der Waals surface area (Å²) in [5.41, 5.74) is -0.507. The van der Waals surface area contributed by atoms with E-state index in [0.29, 0.717) is 16.7 Å². The fourth-order valence-electron chi connectivity index (χ4n) is 5.69. The predicted molar refractivity (Wildman–Crippen MR) is 169 cm³/mol. The smallest absolute Gasteiger partial charge is 0.412 e. The van der Waals surface area contributed by atoms with Crippen LogP contribution in [0.5, 0.6) is 11.5 Å². The number of aromatic hydroxyl groups is 1. The van der Waals surface area contributed by atoms with Crippen LogP contribution >= 0.6 is 0 Å². The van der Waals surface area contributed by atoms with Gasteiger partial charge in [-0.05, 0) is 83.9 Å². The Morgan fingerprint density at radius 1 is 1.04 bits per heavy atom. The van der Waals surface area contributed by atoms with Crippen LogP contribution in [0, 0.1) is 6.92 Å². The first-order valence-electron chi connectivity index (χ1n) is 14.6. The number of methoxy groups -OCH3 is 1. The minimum Gasteiger partial charge on any atom is -0.507 e. The van der Waals surface area contributed by atoms with Gasteiger partial charge in [-0.1, -0.05) is 35.9 Å². The highest BCUT2D eigenvalue weighted by Crippen LogP contribution is 2.38. The zero-order chi connectivity index (χ0) is 32.9. The number of phenols is 1. The molecular weight excluding hydrogens is 596 g/mol.